The highest BCUT2D eigenvalue weighted by molar-refractivity contribution is 6.19. The Morgan fingerprint density at radius 2 is 1.94 bits per heavy atom. The molecule has 2 bridgehead atoms. The van der Waals surface area contributed by atoms with E-state index < -0.39 is 11.5 Å². The van der Waals surface area contributed by atoms with Crippen molar-refractivity contribution in [2.45, 2.75) is 38.1 Å². The van der Waals surface area contributed by atoms with Gasteiger partial charge in [0, 0.05) is 34.8 Å². The number of fused-ring (bicyclic) bond motifs is 3. The van der Waals surface area contributed by atoms with Crippen molar-refractivity contribution in [2.75, 3.05) is 22.6 Å². The topological polar surface area (TPSA) is 95.7 Å². The minimum atomic E-state index is -0.649. The Balaban J connectivity index is 1.57. The van der Waals surface area contributed by atoms with E-state index in [1.54, 1.807) is 6.92 Å². The van der Waals surface area contributed by atoms with Gasteiger partial charge in [-0.3, -0.25) is 9.59 Å². The number of nitrogens with two attached hydrogens (primary N) is 1. The van der Waals surface area contributed by atoms with Gasteiger partial charge in [-0.05, 0) is 43.2 Å². The van der Waals surface area contributed by atoms with Gasteiger partial charge in [0.1, 0.15) is 0 Å². The van der Waals surface area contributed by atoms with Crippen molar-refractivity contribution < 1.29 is 14.7 Å². The number of alkyl halides is 1. The van der Waals surface area contributed by atoms with E-state index in [1.807, 2.05) is 35.2 Å². The molecule has 31 heavy (non-hydrogen) atoms. The summed E-state index contributed by atoms with van der Waals surface area (Å²) < 4.78 is 0. The van der Waals surface area contributed by atoms with E-state index in [0.29, 0.717) is 37.4 Å². The fourth-order valence-electron chi connectivity index (χ4n) is 5.72. The minimum absolute atomic E-state index is 0.0119. The normalized spacial score (nSPS) is 29.0. The van der Waals surface area contributed by atoms with E-state index in [1.165, 1.54) is 0 Å². The summed E-state index contributed by atoms with van der Waals surface area (Å²) in [6.07, 6.45) is 1.94. The van der Waals surface area contributed by atoms with E-state index in [0.717, 1.165) is 22.0 Å². The highest BCUT2D eigenvalue weighted by atomic mass is 35.5. The zero-order valence-electron chi connectivity index (χ0n) is 17.5. The quantitative estimate of drug-likeness (QED) is 0.484. The summed E-state index contributed by atoms with van der Waals surface area (Å²) in [6, 6.07) is 9.08. The monoisotopic (exact) mass is 439 g/mol. The number of aliphatic hydroxyl groups excluding tert-OH is 1. The van der Waals surface area contributed by atoms with Gasteiger partial charge in [0.05, 0.1) is 22.9 Å². The Morgan fingerprint density at radius 3 is 2.52 bits per heavy atom. The largest absolute Gasteiger partial charge is 0.512 e. The molecule has 2 aromatic carbocycles. The second kappa shape index (κ2) is 6.71. The number of carbonyl (C=O) groups is 2. The van der Waals surface area contributed by atoms with Gasteiger partial charge in [-0.2, -0.15) is 0 Å². The molecule has 0 spiro atoms. The molecule has 1 heterocycles. The number of amides is 2. The standard InChI is InChI=1S/C24H26ClN3O3/c1-13(26)21(30)27-18-7-19-20(17-6-4-3-5-16(17)18)15(8-25)9-28(19)22(31)24-10-23(11-24,12-24)14(2)29/h3-7,13,15,29H,2,8-12,26H2,1H3,(H,27,30)/t13-,15+,23?,24?/m0/s1. The molecule has 3 aliphatic carbocycles. The van der Waals surface area contributed by atoms with Crippen LogP contribution in [-0.2, 0) is 9.59 Å². The first-order valence-electron chi connectivity index (χ1n) is 10.6. The molecule has 7 heteroatoms. The van der Waals surface area contributed by atoms with Crippen LogP contribution in [0.1, 0.15) is 37.7 Å². The molecular formula is C24H26ClN3O3. The first-order valence-corrected chi connectivity index (χ1v) is 11.1. The Kier molecular flexibility index (Phi) is 4.40. The Morgan fingerprint density at radius 1 is 1.29 bits per heavy atom. The second-order valence-electron chi connectivity index (χ2n) is 9.49. The molecule has 2 atom stereocenters. The highest BCUT2D eigenvalue weighted by Gasteiger charge is 2.73. The molecule has 1 aliphatic heterocycles. The number of rotatable bonds is 5. The number of hydrogen-bond acceptors (Lipinski definition) is 4. The summed E-state index contributed by atoms with van der Waals surface area (Å²) in [7, 11) is 0. The van der Waals surface area contributed by atoms with Crippen molar-refractivity contribution >= 4 is 45.6 Å². The Hall–Kier alpha value is -2.57. The fraction of sp³-hybridized carbons (Fsp3) is 0.417. The molecule has 6 nitrogen and oxygen atoms in total. The van der Waals surface area contributed by atoms with E-state index in [9.17, 15) is 14.7 Å². The van der Waals surface area contributed by atoms with E-state index in [-0.39, 0.29) is 28.9 Å². The number of anilines is 2. The lowest BCUT2D eigenvalue weighted by atomic mass is 9.34. The molecule has 2 aromatic rings. The van der Waals surface area contributed by atoms with Gasteiger partial charge in [-0.15, -0.1) is 11.6 Å². The third-order valence-electron chi connectivity index (χ3n) is 7.37. The summed E-state index contributed by atoms with van der Waals surface area (Å²) in [5.41, 5.74) is 7.55. The van der Waals surface area contributed by atoms with Crippen LogP contribution in [0.15, 0.2) is 42.7 Å². The number of halogens is 1. The SMILES string of the molecule is C=C(O)C12CC(C(=O)N3C[C@@H](CCl)c4c3cc(NC(=O)[C@H](C)N)c3ccccc43)(C1)C2. The van der Waals surface area contributed by atoms with Crippen LogP contribution in [0.2, 0.25) is 0 Å². The third kappa shape index (κ3) is 2.74. The van der Waals surface area contributed by atoms with Crippen LogP contribution in [-0.4, -0.2) is 35.4 Å². The predicted octanol–water partition coefficient (Wildman–Crippen LogP) is 4.04. The zero-order valence-corrected chi connectivity index (χ0v) is 18.2. The van der Waals surface area contributed by atoms with Crippen LogP contribution in [0.4, 0.5) is 11.4 Å². The van der Waals surface area contributed by atoms with Crippen LogP contribution < -0.4 is 16.0 Å². The van der Waals surface area contributed by atoms with E-state index in [4.69, 9.17) is 17.3 Å². The maximum Gasteiger partial charge on any atom is 0.241 e. The number of aliphatic hydroxyl groups is 1. The summed E-state index contributed by atoms with van der Waals surface area (Å²) in [5, 5.41) is 14.7. The van der Waals surface area contributed by atoms with Gasteiger partial charge in [0.15, 0.2) is 0 Å². The van der Waals surface area contributed by atoms with Gasteiger partial charge in [0.25, 0.3) is 0 Å². The molecule has 0 unspecified atom stereocenters. The number of nitrogens with zero attached hydrogens (tertiary/aromatic N) is 1. The maximum absolute atomic E-state index is 13.6. The molecule has 0 saturated heterocycles. The van der Waals surface area contributed by atoms with Gasteiger partial charge < -0.3 is 21.1 Å². The number of allylic oxidation sites excluding steroid dienone is 1. The van der Waals surface area contributed by atoms with Gasteiger partial charge in [-0.1, -0.05) is 30.8 Å². The first kappa shape index (κ1) is 20.3. The molecule has 4 N–H and O–H groups in total. The summed E-state index contributed by atoms with van der Waals surface area (Å²) in [4.78, 5) is 27.8. The van der Waals surface area contributed by atoms with Crippen molar-refractivity contribution in [3.63, 3.8) is 0 Å². The van der Waals surface area contributed by atoms with Crippen LogP contribution in [0.3, 0.4) is 0 Å². The van der Waals surface area contributed by atoms with Crippen molar-refractivity contribution in [3.05, 3.63) is 48.2 Å². The van der Waals surface area contributed by atoms with Gasteiger partial charge in [0.2, 0.25) is 11.8 Å². The molecule has 0 radical (unpaired) electrons. The van der Waals surface area contributed by atoms with E-state index in [2.05, 4.69) is 11.9 Å². The number of carbonyl (C=O) groups excluding carboxylic acids is 2. The average Bonchev–Trinajstić information content (AvgIpc) is 3.04. The van der Waals surface area contributed by atoms with Crippen LogP contribution >= 0.6 is 11.6 Å². The number of hydrogen-bond donors (Lipinski definition) is 3. The van der Waals surface area contributed by atoms with Crippen molar-refractivity contribution in [3.8, 4) is 0 Å². The van der Waals surface area contributed by atoms with Gasteiger partial charge in [-0.25, -0.2) is 0 Å². The predicted molar refractivity (Wildman–Crippen MR) is 123 cm³/mol. The number of nitrogens with one attached hydrogen (secondary N) is 1. The second-order valence-corrected chi connectivity index (χ2v) is 9.79. The smallest absolute Gasteiger partial charge is 0.241 e. The number of benzene rings is 2. The van der Waals surface area contributed by atoms with Crippen LogP contribution in [0.5, 0.6) is 0 Å². The van der Waals surface area contributed by atoms with E-state index >= 15 is 0 Å². The Labute approximate surface area is 186 Å². The molecular weight excluding hydrogens is 414 g/mol. The van der Waals surface area contributed by atoms with Crippen LogP contribution in [0.25, 0.3) is 10.8 Å². The van der Waals surface area contributed by atoms with Gasteiger partial charge >= 0.3 is 0 Å². The molecule has 3 saturated carbocycles. The molecule has 6 rings (SSSR count). The molecule has 162 valence electrons. The molecule has 4 aliphatic rings. The minimum Gasteiger partial charge on any atom is -0.512 e. The lowest BCUT2D eigenvalue weighted by Crippen LogP contribution is -2.68. The third-order valence-corrected chi connectivity index (χ3v) is 7.74. The highest BCUT2D eigenvalue weighted by Crippen LogP contribution is 2.76. The van der Waals surface area contributed by atoms with Crippen LogP contribution in [0, 0.1) is 10.8 Å². The first-order chi connectivity index (χ1) is 14.7. The lowest BCUT2D eigenvalue weighted by molar-refractivity contribution is -0.198. The molecule has 3 fully saturated rings. The lowest BCUT2D eigenvalue weighted by Gasteiger charge is -2.69. The Bertz CT molecular complexity index is 1120. The summed E-state index contributed by atoms with van der Waals surface area (Å²) >= 11 is 6.34. The summed E-state index contributed by atoms with van der Waals surface area (Å²) in [6.45, 7) is 5.84. The average molecular weight is 440 g/mol. The zero-order chi connectivity index (χ0) is 22.1. The molecule has 2 amide bonds. The van der Waals surface area contributed by atoms with Crippen molar-refractivity contribution in [2.24, 2.45) is 16.6 Å². The summed E-state index contributed by atoms with van der Waals surface area (Å²) in [5.74, 6) is 0.394. The maximum atomic E-state index is 13.6. The fourth-order valence-corrected chi connectivity index (χ4v) is 5.97. The van der Waals surface area contributed by atoms with Crippen molar-refractivity contribution in [1.29, 1.82) is 0 Å². The van der Waals surface area contributed by atoms with Crippen molar-refractivity contribution in [1.82, 2.24) is 0 Å². The molecule has 0 aromatic heterocycles.